The predicted octanol–water partition coefficient (Wildman–Crippen LogP) is 3.14. The summed E-state index contributed by atoms with van der Waals surface area (Å²) in [6, 6.07) is 6.29. The third kappa shape index (κ3) is 2.33. The molecule has 1 aromatic heterocycles. The predicted molar refractivity (Wildman–Crippen MR) is 68.1 cm³/mol. The lowest BCUT2D eigenvalue weighted by Crippen LogP contribution is -2.05. The zero-order valence-corrected chi connectivity index (χ0v) is 10.4. The molecule has 0 unspecified atom stereocenters. The average Bonchev–Trinajstić information content (AvgIpc) is 2.71. The van der Waals surface area contributed by atoms with Crippen LogP contribution in [0.3, 0.4) is 0 Å². The number of nitrogens with one attached hydrogen (secondary N) is 1. The number of methoxy groups -OCH3 is 1. The number of benzene rings is 1. The van der Waals surface area contributed by atoms with Crippen molar-refractivity contribution in [1.82, 2.24) is 4.98 Å². The van der Waals surface area contributed by atoms with Gasteiger partial charge in [-0.3, -0.25) is 4.79 Å². The highest BCUT2D eigenvalue weighted by Crippen LogP contribution is 2.28. The van der Waals surface area contributed by atoms with Crippen LogP contribution in [0.25, 0.3) is 10.9 Å². The van der Waals surface area contributed by atoms with Crippen LogP contribution in [0.15, 0.2) is 24.4 Å². The quantitative estimate of drug-likeness (QED) is 0.824. The number of H-pyrrole nitrogens is 1. The van der Waals surface area contributed by atoms with Gasteiger partial charge in [-0.2, -0.15) is 0 Å². The molecule has 0 radical (unpaired) electrons. The number of fused-ring (bicyclic) bond motifs is 1. The van der Waals surface area contributed by atoms with Crippen LogP contribution in [0.5, 0.6) is 0 Å². The Balaban J connectivity index is 2.35. The molecule has 1 N–H and O–H groups in total. The molecule has 1 aromatic carbocycles. The van der Waals surface area contributed by atoms with E-state index in [1.807, 2.05) is 13.1 Å². The Labute approximate surface area is 101 Å². The molecule has 0 saturated carbocycles. The monoisotopic (exact) mass is 231 g/mol. The first-order valence-electron chi connectivity index (χ1n) is 5.76. The lowest BCUT2D eigenvalue weighted by Gasteiger charge is -2.09. The Morgan fingerprint density at radius 3 is 2.94 bits per heavy atom. The van der Waals surface area contributed by atoms with E-state index in [1.165, 1.54) is 23.6 Å². The molecule has 3 nitrogen and oxygen atoms in total. The van der Waals surface area contributed by atoms with E-state index in [1.54, 1.807) is 0 Å². The van der Waals surface area contributed by atoms with Crippen LogP contribution >= 0.6 is 0 Å². The molecular formula is C14H17NO2. The summed E-state index contributed by atoms with van der Waals surface area (Å²) in [7, 11) is 1.43. The van der Waals surface area contributed by atoms with Gasteiger partial charge in [-0.25, -0.2) is 0 Å². The number of aromatic amines is 1. The minimum Gasteiger partial charge on any atom is -0.469 e. The fourth-order valence-corrected chi connectivity index (χ4v) is 2.11. The van der Waals surface area contributed by atoms with E-state index in [4.69, 9.17) is 4.74 Å². The van der Waals surface area contributed by atoms with Crippen LogP contribution in [-0.2, 0) is 9.53 Å². The van der Waals surface area contributed by atoms with Crippen molar-refractivity contribution in [1.29, 1.82) is 0 Å². The zero-order chi connectivity index (χ0) is 12.4. The van der Waals surface area contributed by atoms with Crippen LogP contribution in [0.4, 0.5) is 0 Å². The first kappa shape index (κ1) is 11.7. The maximum atomic E-state index is 11.3. The van der Waals surface area contributed by atoms with Crippen molar-refractivity contribution in [2.24, 2.45) is 0 Å². The topological polar surface area (TPSA) is 42.1 Å². The van der Waals surface area contributed by atoms with Gasteiger partial charge < -0.3 is 9.72 Å². The van der Waals surface area contributed by atoms with E-state index in [2.05, 4.69) is 30.1 Å². The fourth-order valence-electron chi connectivity index (χ4n) is 2.11. The molecule has 0 fully saturated rings. The largest absolute Gasteiger partial charge is 0.469 e. The summed E-state index contributed by atoms with van der Waals surface area (Å²) in [5, 5.41) is 1.20. The standard InChI is InChI=1S/C14H17NO2/c1-9-4-5-13-11(6-9)12(8-15-13)10(2)7-14(16)17-3/h4-6,8,10,15H,7H2,1-3H3/t10-/m0/s1. The third-order valence-electron chi connectivity index (χ3n) is 3.10. The Hall–Kier alpha value is -1.77. The van der Waals surface area contributed by atoms with Gasteiger partial charge in [0.2, 0.25) is 0 Å². The second-order valence-electron chi connectivity index (χ2n) is 4.47. The number of aryl methyl sites for hydroxylation is 1. The molecule has 3 heteroatoms. The van der Waals surface area contributed by atoms with Crippen molar-refractivity contribution in [3.05, 3.63) is 35.5 Å². The summed E-state index contributed by atoms with van der Waals surface area (Å²) in [6.07, 6.45) is 2.40. The number of ether oxygens (including phenoxy) is 1. The van der Waals surface area contributed by atoms with Crippen LogP contribution < -0.4 is 0 Å². The van der Waals surface area contributed by atoms with Gasteiger partial charge in [0.15, 0.2) is 0 Å². The second kappa shape index (κ2) is 4.62. The van der Waals surface area contributed by atoms with E-state index >= 15 is 0 Å². The minimum absolute atomic E-state index is 0.165. The maximum absolute atomic E-state index is 11.3. The van der Waals surface area contributed by atoms with Crippen molar-refractivity contribution in [2.75, 3.05) is 7.11 Å². The van der Waals surface area contributed by atoms with Gasteiger partial charge in [-0.15, -0.1) is 0 Å². The van der Waals surface area contributed by atoms with Gasteiger partial charge in [0.25, 0.3) is 0 Å². The molecule has 90 valence electrons. The van der Waals surface area contributed by atoms with Crippen LogP contribution in [0, 0.1) is 6.92 Å². The summed E-state index contributed by atoms with van der Waals surface area (Å²) in [4.78, 5) is 14.5. The SMILES string of the molecule is COC(=O)C[C@H](C)c1c[nH]c2ccc(C)cc12. The van der Waals surface area contributed by atoms with E-state index in [-0.39, 0.29) is 11.9 Å². The molecule has 0 aliphatic carbocycles. The smallest absolute Gasteiger partial charge is 0.306 e. The molecule has 0 aliphatic heterocycles. The number of carbonyl (C=O) groups excluding carboxylic acids is 1. The van der Waals surface area contributed by atoms with Crippen molar-refractivity contribution in [3.63, 3.8) is 0 Å². The maximum Gasteiger partial charge on any atom is 0.306 e. The summed E-state index contributed by atoms with van der Waals surface area (Å²) in [5.41, 5.74) is 3.51. The van der Waals surface area contributed by atoms with Gasteiger partial charge in [0, 0.05) is 17.1 Å². The number of rotatable bonds is 3. The van der Waals surface area contributed by atoms with Gasteiger partial charge in [0.1, 0.15) is 0 Å². The normalized spacial score (nSPS) is 12.6. The van der Waals surface area contributed by atoms with Crippen molar-refractivity contribution in [2.45, 2.75) is 26.2 Å². The van der Waals surface area contributed by atoms with E-state index in [9.17, 15) is 4.79 Å². The average molecular weight is 231 g/mol. The lowest BCUT2D eigenvalue weighted by molar-refractivity contribution is -0.140. The summed E-state index contributed by atoms with van der Waals surface area (Å²) in [5.74, 6) is -0.00231. The molecule has 2 rings (SSSR count). The van der Waals surface area contributed by atoms with Gasteiger partial charge in [0.05, 0.1) is 13.5 Å². The van der Waals surface area contributed by atoms with E-state index in [0.717, 1.165) is 5.52 Å². The number of hydrogen-bond donors (Lipinski definition) is 1. The molecule has 0 amide bonds. The Bertz CT molecular complexity index is 542. The summed E-state index contributed by atoms with van der Waals surface area (Å²) >= 11 is 0. The van der Waals surface area contributed by atoms with E-state index < -0.39 is 0 Å². The van der Waals surface area contributed by atoms with Crippen molar-refractivity contribution < 1.29 is 9.53 Å². The Morgan fingerprint density at radius 1 is 1.47 bits per heavy atom. The minimum atomic E-state index is -0.167. The first-order chi connectivity index (χ1) is 8.11. The fraction of sp³-hybridized carbons (Fsp3) is 0.357. The second-order valence-corrected chi connectivity index (χ2v) is 4.47. The van der Waals surface area contributed by atoms with Crippen LogP contribution in [0.2, 0.25) is 0 Å². The molecule has 17 heavy (non-hydrogen) atoms. The van der Waals surface area contributed by atoms with Crippen LogP contribution in [0.1, 0.15) is 30.4 Å². The molecule has 1 heterocycles. The summed E-state index contributed by atoms with van der Waals surface area (Å²) < 4.78 is 4.71. The highest BCUT2D eigenvalue weighted by Gasteiger charge is 2.15. The lowest BCUT2D eigenvalue weighted by atomic mass is 9.97. The molecular weight excluding hydrogens is 214 g/mol. The number of hydrogen-bond acceptors (Lipinski definition) is 2. The highest BCUT2D eigenvalue weighted by molar-refractivity contribution is 5.85. The third-order valence-corrected chi connectivity index (χ3v) is 3.10. The first-order valence-corrected chi connectivity index (χ1v) is 5.76. The molecule has 1 atom stereocenters. The molecule has 2 aromatic rings. The zero-order valence-electron chi connectivity index (χ0n) is 10.4. The van der Waals surface area contributed by atoms with E-state index in [0.29, 0.717) is 6.42 Å². The Kier molecular flexibility index (Phi) is 3.18. The van der Waals surface area contributed by atoms with Crippen LogP contribution in [-0.4, -0.2) is 18.1 Å². The number of esters is 1. The number of carbonyl (C=O) groups is 1. The molecule has 0 spiro atoms. The van der Waals surface area contributed by atoms with Crippen molar-refractivity contribution in [3.8, 4) is 0 Å². The van der Waals surface area contributed by atoms with Gasteiger partial charge in [-0.1, -0.05) is 18.6 Å². The van der Waals surface area contributed by atoms with Gasteiger partial charge in [-0.05, 0) is 30.5 Å². The number of aromatic nitrogens is 1. The van der Waals surface area contributed by atoms with Crippen molar-refractivity contribution >= 4 is 16.9 Å². The molecule has 0 aliphatic rings. The van der Waals surface area contributed by atoms with Gasteiger partial charge >= 0.3 is 5.97 Å². The Morgan fingerprint density at radius 2 is 2.24 bits per heavy atom. The summed E-state index contributed by atoms with van der Waals surface area (Å²) in [6.45, 7) is 4.11. The highest BCUT2D eigenvalue weighted by atomic mass is 16.5. The molecule has 0 saturated heterocycles. The molecule has 0 bridgehead atoms.